The van der Waals surface area contributed by atoms with E-state index in [4.69, 9.17) is 18.9 Å². The first kappa shape index (κ1) is 22.4. The SMILES string of the molecule is C=CCOc1ccc(OC(=O)c2ccc(C(=O)Oc3ccc(COC=C)cc3)cc2)cc1. The molecule has 3 aromatic rings. The molecule has 0 radical (unpaired) electrons. The predicted molar refractivity (Wildman–Crippen MR) is 120 cm³/mol. The molecule has 0 spiro atoms. The Hall–Kier alpha value is -4.32. The molecule has 0 saturated heterocycles. The molecule has 0 amide bonds. The second-order valence-corrected chi connectivity index (χ2v) is 6.55. The number of benzene rings is 3. The number of carbonyl (C=O) groups excluding carboxylic acids is 2. The van der Waals surface area contributed by atoms with Gasteiger partial charge in [-0.3, -0.25) is 0 Å². The van der Waals surface area contributed by atoms with Gasteiger partial charge in [-0.15, -0.1) is 0 Å². The minimum absolute atomic E-state index is 0.306. The van der Waals surface area contributed by atoms with Crippen molar-refractivity contribution in [2.24, 2.45) is 0 Å². The van der Waals surface area contributed by atoms with Crippen LogP contribution < -0.4 is 14.2 Å². The van der Waals surface area contributed by atoms with Gasteiger partial charge in [0.25, 0.3) is 0 Å². The van der Waals surface area contributed by atoms with E-state index in [1.54, 1.807) is 54.6 Å². The molecule has 3 rings (SSSR count). The van der Waals surface area contributed by atoms with Crippen LogP contribution in [0.3, 0.4) is 0 Å². The van der Waals surface area contributed by atoms with Gasteiger partial charge >= 0.3 is 11.9 Å². The zero-order valence-corrected chi connectivity index (χ0v) is 17.4. The lowest BCUT2D eigenvalue weighted by Gasteiger charge is -2.08. The highest BCUT2D eigenvalue weighted by molar-refractivity contribution is 5.94. The summed E-state index contributed by atoms with van der Waals surface area (Å²) in [6.07, 6.45) is 3.01. The first-order valence-electron chi connectivity index (χ1n) is 9.78. The summed E-state index contributed by atoms with van der Waals surface area (Å²) in [5, 5.41) is 0. The Balaban J connectivity index is 1.56. The van der Waals surface area contributed by atoms with Crippen molar-refractivity contribution < 1.29 is 28.5 Å². The number of carbonyl (C=O) groups is 2. The molecule has 0 aliphatic rings. The maximum Gasteiger partial charge on any atom is 0.343 e. The zero-order valence-electron chi connectivity index (χ0n) is 17.4. The first-order valence-corrected chi connectivity index (χ1v) is 9.78. The van der Waals surface area contributed by atoms with E-state index in [9.17, 15) is 9.59 Å². The molecule has 0 aromatic heterocycles. The van der Waals surface area contributed by atoms with E-state index in [1.807, 2.05) is 0 Å². The summed E-state index contributed by atoms with van der Waals surface area (Å²) in [6, 6.07) is 19.7. The summed E-state index contributed by atoms with van der Waals surface area (Å²) in [5.74, 6) is 0.358. The van der Waals surface area contributed by atoms with Gasteiger partial charge in [0.15, 0.2) is 0 Å². The van der Waals surface area contributed by atoms with Crippen molar-refractivity contribution in [3.63, 3.8) is 0 Å². The minimum Gasteiger partial charge on any atom is -0.497 e. The smallest absolute Gasteiger partial charge is 0.343 e. The highest BCUT2D eigenvalue weighted by atomic mass is 16.5. The average Bonchev–Trinajstić information content (AvgIpc) is 2.83. The van der Waals surface area contributed by atoms with Crippen LogP contribution >= 0.6 is 0 Å². The normalized spacial score (nSPS) is 10.0. The number of hydrogen-bond donors (Lipinski definition) is 0. The molecular formula is C26H22O6. The van der Waals surface area contributed by atoms with Crippen LogP contribution in [0.5, 0.6) is 17.2 Å². The summed E-state index contributed by atoms with van der Waals surface area (Å²) in [5.41, 5.74) is 1.54. The second-order valence-electron chi connectivity index (χ2n) is 6.55. The van der Waals surface area contributed by atoms with Crippen molar-refractivity contribution in [1.82, 2.24) is 0 Å². The summed E-state index contributed by atoms with van der Waals surface area (Å²) in [6.45, 7) is 7.86. The van der Waals surface area contributed by atoms with E-state index < -0.39 is 11.9 Å². The van der Waals surface area contributed by atoms with Gasteiger partial charge in [-0.2, -0.15) is 0 Å². The third kappa shape index (κ3) is 6.34. The average molecular weight is 430 g/mol. The van der Waals surface area contributed by atoms with Crippen molar-refractivity contribution in [3.8, 4) is 17.2 Å². The molecule has 0 fully saturated rings. The van der Waals surface area contributed by atoms with Crippen LogP contribution in [0.4, 0.5) is 0 Å². The quantitative estimate of drug-likeness (QED) is 0.187. The van der Waals surface area contributed by atoms with Gasteiger partial charge in [-0.05, 0) is 66.2 Å². The Morgan fingerprint density at radius 3 is 1.62 bits per heavy atom. The summed E-state index contributed by atoms with van der Waals surface area (Å²) >= 11 is 0. The summed E-state index contributed by atoms with van der Waals surface area (Å²) < 4.78 is 21.2. The third-order valence-electron chi connectivity index (χ3n) is 4.26. The van der Waals surface area contributed by atoms with Crippen LogP contribution in [0, 0.1) is 0 Å². The van der Waals surface area contributed by atoms with Gasteiger partial charge in [-0.1, -0.05) is 31.4 Å². The molecular weight excluding hydrogens is 408 g/mol. The molecule has 0 saturated carbocycles. The molecule has 0 atom stereocenters. The van der Waals surface area contributed by atoms with Crippen molar-refractivity contribution in [2.45, 2.75) is 6.61 Å². The van der Waals surface area contributed by atoms with E-state index in [2.05, 4.69) is 13.2 Å². The van der Waals surface area contributed by atoms with Gasteiger partial charge in [0.2, 0.25) is 0 Å². The topological polar surface area (TPSA) is 71.1 Å². The molecule has 162 valence electrons. The van der Waals surface area contributed by atoms with Crippen molar-refractivity contribution in [1.29, 1.82) is 0 Å². The van der Waals surface area contributed by atoms with E-state index in [0.717, 1.165) is 5.56 Å². The highest BCUT2D eigenvalue weighted by Gasteiger charge is 2.13. The Kier molecular flexibility index (Phi) is 7.81. The van der Waals surface area contributed by atoms with E-state index >= 15 is 0 Å². The Morgan fingerprint density at radius 1 is 0.688 bits per heavy atom. The van der Waals surface area contributed by atoms with Gasteiger partial charge in [0.1, 0.15) is 30.5 Å². The van der Waals surface area contributed by atoms with Gasteiger partial charge in [0.05, 0.1) is 17.4 Å². The van der Waals surface area contributed by atoms with Crippen LogP contribution in [0.15, 0.2) is 98.3 Å². The Morgan fingerprint density at radius 2 is 1.16 bits per heavy atom. The molecule has 3 aromatic carbocycles. The van der Waals surface area contributed by atoms with Gasteiger partial charge < -0.3 is 18.9 Å². The molecule has 0 unspecified atom stereocenters. The lowest BCUT2D eigenvalue weighted by atomic mass is 10.1. The molecule has 0 aliphatic heterocycles. The van der Waals surface area contributed by atoms with E-state index in [0.29, 0.717) is 41.6 Å². The van der Waals surface area contributed by atoms with Crippen LogP contribution in [0.2, 0.25) is 0 Å². The van der Waals surface area contributed by atoms with Crippen LogP contribution in [0.25, 0.3) is 0 Å². The standard InChI is InChI=1S/C26H22O6/c1-3-17-30-22-13-15-24(16-14-22)32-26(28)21-9-7-20(8-10-21)25(27)31-23-11-5-19(6-12-23)18-29-4-2/h3-16H,1-2,17-18H2. The molecule has 0 N–H and O–H groups in total. The van der Waals surface area contributed by atoms with E-state index in [-0.39, 0.29) is 0 Å². The fraction of sp³-hybridized carbons (Fsp3) is 0.0769. The molecule has 0 heterocycles. The van der Waals surface area contributed by atoms with Crippen molar-refractivity contribution >= 4 is 11.9 Å². The molecule has 32 heavy (non-hydrogen) atoms. The lowest BCUT2D eigenvalue weighted by Crippen LogP contribution is -2.11. The Labute approximate surface area is 186 Å². The maximum atomic E-state index is 12.4. The number of hydrogen-bond acceptors (Lipinski definition) is 6. The van der Waals surface area contributed by atoms with Gasteiger partial charge in [-0.25, -0.2) is 9.59 Å². The second kappa shape index (κ2) is 11.2. The van der Waals surface area contributed by atoms with Crippen LogP contribution in [-0.2, 0) is 11.3 Å². The number of esters is 2. The van der Waals surface area contributed by atoms with Gasteiger partial charge in [0, 0.05) is 0 Å². The largest absolute Gasteiger partial charge is 0.497 e. The molecule has 6 nitrogen and oxygen atoms in total. The number of rotatable bonds is 10. The summed E-state index contributed by atoms with van der Waals surface area (Å²) in [7, 11) is 0. The third-order valence-corrected chi connectivity index (χ3v) is 4.26. The van der Waals surface area contributed by atoms with Crippen LogP contribution in [-0.4, -0.2) is 18.5 Å². The minimum atomic E-state index is -0.540. The fourth-order valence-electron chi connectivity index (χ4n) is 2.64. The van der Waals surface area contributed by atoms with Crippen molar-refractivity contribution in [2.75, 3.05) is 6.61 Å². The monoisotopic (exact) mass is 430 g/mol. The van der Waals surface area contributed by atoms with E-state index in [1.165, 1.54) is 30.5 Å². The highest BCUT2D eigenvalue weighted by Crippen LogP contribution is 2.19. The Bertz CT molecular complexity index is 978. The van der Waals surface area contributed by atoms with Crippen molar-refractivity contribution in [3.05, 3.63) is 115 Å². The lowest BCUT2D eigenvalue weighted by molar-refractivity contribution is 0.0720. The predicted octanol–water partition coefficient (Wildman–Crippen LogP) is 5.35. The summed E-state index contributed by atoms with van der Waals surface area (Å²) in [4.78, 5) is 24.7. The van der Waals surface area contributed by atoms with Crippen LogP contribution in [0.1, 0.15) is 26.3 Å². The maximum absolute atomic E-state index is 12.4. The fourth-order valence-corrected chi connectivity index (χ4v) is 2.64. The molecule has 0 bridgehead atoms. The zero-order chi connectivity index (χ0) is 22.8. The molecule has 6 heteroatoms. The molecule has 0 aliphatic carbocycles. The first-order chi connectivity index (χ1) is 15.6. The number of ether oxygens (including phenoxy) is 4.